The minimum absolute atomic E-state index is 0.272. The fourth-order valence-corrected chi connectivity index (χ4v) is 5.40. The Morgan fingerprint density at radius 1 is 1.44 bits per heavy atom. The van der Waals surface area contributed by atoms with E-state index < -0.39 is 5.60 Å². The van der Waals surface area contributed by atoms with E-state index in [1.165, 1.54) is 12.0 Å². The van der Waals surface area contributed by atoms with Crippen molar-refractivity contribution in [3.05, 3.63) is 41.0 Å². The molecule has 3 heterocycles. The molecule has 2 fully saturated rings. The second-order valence-electron chi connectivity index (χ2n) is 8.13. The third-order valence-corrected chi connectivity index (χ3v) is 6.93. The zero-order valence-corrected chi connectivity index (χ0v) is 15.9. The standard InChI is InChI=1S/C22H30N2O/c1-5-14(3)17-12-19-21-22(25,10-11-24(19)13-16(17)6-2)20-15(4)8-7-9-18(20)23-21/h5,7-9,16-17,19,25H,6,10-13H2,1-4H3/b14-5+/t16-,17-,19+,22+/m1/s1. The molecule has 4 atom stereocenters. The summed E-state index contributed by atoms with van der Waals surface area (Å²) >= 11 is 0. The van der Waals surface area contributed by atoms with E-state index in [1.807, 2.05) is 0 Å². The molecule has 0 aromatic heterocycles. The molecule has 2 saturated heterocycles. The molecule has 134 valence electrons. The van der Waals surface area contributed by atoms with Crippen LogP contribution in [-0.2, 0) is 5.60 Å². The molecule has 3 heteroatoms. The summed E-state index contributed by atoms with van der Waals surface area (Å²) in [5.41, 5.74) is 4.85. The largest absolute Gasteiger partial charge is 0.379 e. The van der Waals surface area contributed by atoms with E-state index in [-0.39, 0.29) is 6.04 Å². The molecule has 1 N–H and O–H groups in total. The minimum atomic E-state index is -0.852. The summed E-state index contributed by atoms with van der Waals surface area (Å²) in [5.74, 6) is 1.32. The highest BCUT2D eigenvalue weighted by Gasteiger charge is 2.52. The smallest absolute Gasteiger partial charge is 0.133 e. The second kappa shape index (κ2) is 6.07. The maximum atomic E-state index is 11.6. The SMILES string of the molecule is C/C=C(\C)[C@H]1C[C@H]2C3=Nc4cccc(C)c4[C@@]3(O)CCN2C[C@H]1CC. The van der Waals surface area contributed by atoms with Gasteiger partial charge in [0.1, 0.15) is 5.60 Å². The normalized spacial score (nSPS) is 35.0. The molecule has 25 heavy (non-hydrogen) atoms. The van der Waals surface area contributed by atoms with Crippen molar-refractivity contribution < 1.29 is 5.11 Å². The number of benzene rings is 1. The lowest BCUT2D eigenvalue weighted by molar-refractivity contribution is 0.0188. The van der Waals surface area contributed by atoms with Gasteiger partial charge in [-0.2, -0.15) is 0 Å². The third-order valence-electron chi connectivity index (χ3n) is 6.93. The van der Waals surface area contributed by atoms with Gasteiger partial charge in [-0.25, -0.2) is 0 Å². The quantitative estimate of drug-likeness (QED) is 0.814. The molecule has 0 bridgehead atoms. The van der Waals surface area contributed by atoms with Crippen molar-refractivity contribution in [3.8, 4) is 0 Å². The van der Waals surface area contributed by atoms with Gasteiger partial charge in [0.15, 0.2) is 0 Å². The van der Waals surface area contributed by atoms with E-state index in [1.54, 1.807) is 0 Å². The number of fused-ring (bicyclic) bond motifs is 5. The first-order chi connectivity index (χ1) is 12.0. The Balaban J connectivity index is 1.73. The van der Waals surface area contributed by atoms with Crippen LogP contribution in [0.15, 0.2) is 34.8 Å². The monoisotopic (exact) mass is 338 g/mol. The summed E-state index contributed by atoms with van der Waals surface area (Å²) in [5, 5.41) is 11.6. The van der Waals surface area contributed by atoms with Crippen LogP contribution in [-0.4, -0.2) is 34.8 Å². The van der Waals surface area contributed by atoms with Gasteiger partial charge in [0.05, 0.1) is 17.4 Å². The topological polar surface area (TPSA) is 35.8 Å². The van der Waals surface area contributed by atoms with Crippen molar-refractivity contribution in [2.45, 2.75) is 58.6 Å². The number of aliphatic imine (C=N–C) groups is 1. The number of piperidine rings is 2. The Kier molecular flexibility index (Phi) is 4.12. The molecule has 0 radical (unpaired) electrons. The lowest BCUT2D eigenvalue weighted by atomic mass is 9.70. The first-order valence-electron chi connectivity index (χ1n) is 9.78. The van der Waals surface area contributed by atoms with Gasteiger partial charge >= 0.3 is 0 Å². The number of hydrogen-bond acceptors (Lipinski definition) is 3. The third kappa shape index (κ3) is 2.43. The second-order valence-corrected chi connectivity index (χ2v) is 8.13. The first-order valence-corrected chi connectivity index (χ1v) is 9.78. The van der Waals surface area contributed by atoms with Crippen molar-refractivity contribution in [2.24, 2.45) is 16.8 Å². The Labute approximate surface area is 151 Å². The van der Waals surface area contributed by atoms with Crippen LogP contribution in [0.4, 0.5) is 5.69 Å². The van der Waals surface area contributed by atoms with Gasteiger partial charge in [0.25, 0.3) is 0 Å². The van der Waals surface area contributed by atoms with E-state index in [9.17, 15) is 5.11 Å². The molecular formula is C22H30N2O. The molecule has 0 unspecified atom stereocenters. The first kappa shape index (κ1) is 17.0. The molecule has 3 aliphatic heterocycles. The van der Waals surface area contributed by atoms with Crippen molar-refractivity contribution in [3.63, 3.8) is 0 Å². The summed E-state index contributed by atoms with van der Waals surface area (Å²) in [6.07, 6.45) is 5.34. The Morgan fingerprint density at radius 2 is 2.24 bits per heavy atom. The lowest BCUT2D eigenvalue weighted by Gasteiger charge is -2.50. The van der Waals surface area contributed by atoms with Gasteiger partial charge in [-0.05, 0) is 57.1 Å². The number of aliphatic hydroxyl groups is 1. The average molecular weight is 338 g/mol. The van der Waals surface area contributed by atoms with Crippen molar-refractivity contribution in [1.29, 1.82) is 0 Å². The highest BCUT2D eigenvalue weighted by Crippen LogP contribution is 2.49. The highest BCUT2D eigenvalue weighted by atomic mass is 16.3. The van der Waals surface area contributed by atoms with Crippen molar-refractivity contribution in [1.82, 2.24) is 4.90 Å². The van der Waals surface area contributed by atoms with Crippen LogP contribution in [0.25, 0.3) is 0 Å². The van der Waals surface area contributed by atoms with Crippen LogP contribution in [0.2, 0.25) is 0 Å². The molecule has 4 rings (SSSR count). The highest BCUT2D eigenvalue weighted by molar-refractivity contribution is 6.04. The fourth-order valence-electron chi connectivity index (χ4n) is 5.40. The molecule has 0 aliphatic carbocycles. The number of allylic oxidation sites excluding steroid dienone is 2. The Hall–Kier alpha value is -1.45. The van der Waals surface area contributed by atoms with E-state index in [0.29, 0.717) is 11.8 Å². The summed E-state index contributed by atoms with van der Waals surface area (Å²) < 4.78 is 0. The van der Waals surface area contributed by atoms with E-state index >= 15 is 0 Å². The maximum Gasteiger partial charge on any atom is 0.133 e. The molecule has 0 amide bonds. The van der Waals surface area contributed by atoms with Gasteiger partial charge in [-0.15, -0.1) is 0 Å². The molecule has 1 aromatic carbocycles. The summed E-state index contributed by atoms with van der Waals surface area (Å²) in [4.78, 5) is 7.55. The summed E-state index contributed by atoms with van der Waals surface area (Å²) in [6.45, 7) is 10.9. The number of aryl methyl sites for hydroxylation is 1. The van der Waals surface area contributed by atoms with Crippen molar-refractivity contribution in [2.75, 3.05) is 13.1 Å². The van der Waals surface area contributed by atoms with Crippen molar-refractivity contribution >= 4 is 11.4 Å². The van der Waals surface area contributed by atoms with Gasteiger partial charge in [-0.1, -0.05) is 37.1 Å². The Morgan fingerprint density at radius 3 is 2.96 bits per heavy atom. The molecule has 3 aliphatic rings. The molecule has 0 spiro atoms. The number of rotatable bonds is 2. The van der Waals surface area contributed by atoms with Crippen LogP contribution >= 0.6 is 0 Å². The molecule has 1 aromatic rings. The Bertz CT molecular complexity index is 750. The van der Waals surface area contributed by atoms with Crippen LogP contribution < -0.4 is 0 Å². The molecular weight excluding hydrogens is 308 g/mol. The lowest BCUT2D eigenvalue weighted by Crippen LogP contribution is -2.60. The van der Waals surface area contributed by atoms with E-state index in [0.717, 1.165) is 48.5 Å². The van der Waals surface area contributed by atoms with E-state index in [2.05, 4.69) is 56.9 Å². The van der Waals surface area contributed by atoms with Crippen LogP contribution in [0.3, 0.4) is 0 Å². The van der Waals surface area contributed by atoms with E-state index in [4.69, 9.17) is 4.99 Å². The number of hydrogen-bond donors (Lipinski definition) is 1. The minimum Gasteiger partial charge on any atom is -0.379 e. The zero-order chi connectivity index (χ0) is 17.8. The fraction of sp³-hybridized carbons (Fsp3) is 0.591. The number of nitrogens with zero attached hydrogens (tertiary/aromatic N) is 2. The predicted octanol–water partition coefficient (Wildman–Crippen LogP) is 4.36. The van der Waals surface area contributed by atoms with Crippen LogP contribution in [0.5, 0.6) is 0 Å². The zero-order valence-electron chi connectivity index (χ0n) is 15.9. The molecule has 3 nitrogen and oxygen atoms in total. The summed E-state index contributed by atoms with van der Waals surface area (Å²) in [7, 11) is 0. The van der Waals surface area contributed by atoms with Crippen LogP contribution in [0.1, 0.15) is 51.2 Å². The van der Waals surface area contributed by atoms with Gasteiger partial charge in [0, 0.05) is 18.7 Å². The van der Waals surface area contributed by atoms with Crippen LogP contribution in [0, 0.1) is 18.8 Å². The summed E-state index contributed by atoms with van der Waals surface area (Å²) in [6, 6.07) is 6.48. The average Bonchev–Trinajstić information content (AvgIpc) is 2.94. The van der Waals surface area contributed by atoms with Gasteiger partial charge < -0.3 is 5.11 Å². The predicted molar refractivity (Wildman–Crippen MR) is 103 cm³/mol. The maximum absolute atomic E-state index is 11.6. The van der Waals surface area contributed by atoms with Gasteiger partial charge in [-0.3, -0.25) is 9.89 Å². The molecule has 0 saturated carbocycles. The van der Waals surface area contributed by atoms with Gasteiger partial charge in [0.2, 0.25) is 0 Å².